The number of nitrogens with one attached hydrogen (secondary N) is 1. The van der Waals surface area contributed by atoms with Crippen LogP contribution in [0.2, 0.25) is 5.02 Å². The van der Waals surface area contributed by atoms with Crippen molar-refractivity contribution in [1.29, 1.82) is 0 Å². The van der Waals surface area contributed by atoms with Crippen LogP contribution in [0.5, 0.6) is 5.75 Å². The molecule has 3 heteroatoms. The molecule has 104 valence electrons. The predicted octanol–water partition coefficient (Wildman–Crippen LogP) is 3.89. The van der Waals surface area contributed by atoms with Crippen LogP contribution in [0, 0.1) is 6.92 Å². The first-order valence-corrected chi connectivity index (χ1v) is 7.26. The second-order valence-corrected chi connectivity index (χ2v) is 5.57. The van der Waals surface area contributed by atoms with Gasteiger partial charge in [-0.2, -0.15) is 0 Å². The third-order valence-corrected chi connectivity index (χ3v) is 4.28. The molecule has 0 saturated heterocycles. The number of halogens is 1. The smallest absolute Gasteiger partial charge is 0.127 e. The van der Waals surface area contributed by atoms with Crippen LogP contribution in [-0.4, -0.2) is 13.7 Å². The maximum Gasteiger partial charge on any atom is 0.127 e. The van der Waals surface area contributed by atoms with Gasteiger partial charge in [0.15, 0.2) is 0 Å². The fourth-order valence-corrected chi connectivity index (χ4v) is 2.93. The van der Waals surface area contributed by atoms with Crippen LogP contribution in [0.15, 0.2) is 36.4 Å². The van der Waals surface area contributed by atoms with E-state index >= 15 is 0 Å². The number of rotatable bonds is 3. The highest BCUT2D eigenvalue weighted by Crippen LogP contribution is 2.36. The summed E-state index contributed by atoms with van der Waals surface area (Å²) in [7, 11) is 1.98. The summed E-state index contributed by atoms with van der Waals surface area (Å²) < 4.78 is 5.82. The fourth-order valence-electron chi connectivity index (χ4n) is 2.82. The summed E-state index contributed by atoms with van der Waals surface area (Å²) in [6.07, 6.45) is 0.999. The number of hydrogen-bond donors (Lipinski definition) is 1. The maximum atomic E-state index is 6.12. The van der Waals surface area contributed by atoms with Crippen molar-refractivity contribution in [1.82, 2.24) is 5.32 Å². The van der Waals surface area contributed by atoms with E-state index < -0.39 is 0 Å². The molecule has 20 heavy (non-hydrogen) atoms. The van der Waals surface area contributed by atoms with Crippen molar-refractivity contribution in [3.63, 3.8) is 0 Å². The van der Waals surface area contributed by atoms with Gasteiger partial charge in [0, 0.05) is 17.0 Å². The Morgan fingerprint density at radius 3 is 2.85 bits per heavy atom. The van der Waals surface area contributed by atoms with Crippen LogP contribution in [0.4, 0.5) is 0 Å². The van der Waals surface area contributed by atoms with E-state index in [0.29, 0.717) is 0 Å². The largest absolute Gasteiger partial charge is 0.493 e. The molecule has 1 unspecified atom stereocenters. The van der Waals surface area contributed by atoms with Gasteiger partial charge in [-0.25, -0.2) is 0 Å². The summed E-state index contributed by atoms with van der Waals surface area (Å²) >= 11 is 6.12. The van der Waals surface area contributed by atoms with Crippen molar-refractivity contribution in [2.45, 2.75) is 19.4 Å². The molecule has 1 aliphatic heterocycles. The molecule has 1 atom stereocenters. The lowest BCUT2D eigenvalue weighted by atomic mass is 9.95. The second-order valence-electron chi connectivity index (χ2n) is 5.16. The average Bonchev–Trinajstić information content (AvgIpc) is 2.93. The Hall–Kier alpha value is -1.51. The van der Waals surface area contributed by atoms with Crippen molar-refractivity contribution in [3.05, 3.63) is 63.7 Å². The molecule has 1 N–H and O–H groups in total. The minimum Gasteiger partial charge on any atom is -0.493 e. The summed E-state index contributed by atoms with van der Waals surface area (Å²) in [5.41, 5.74) is 4.80. The first-order valence-electron chi connectivity index (χ1n) is 6.88. The molecule has 0 radical (unpaired) electrons. The number of aryl methyl sites for hydroxylation is 1. The van der Waals surface area contributed by atoms with Gasteiger partial charge < -0.3 is 10.1 Å². The number of benzene rings is 2. The normalized spacial score (nSPS) is 14.8. The monoisotopic (exact) mass is 287 g/mol. The predicted molar refractivity (Wildman–Crippen MR) is 82.7 cm³/mol. The number of para-hydroxylation sites is 1. The van der Waals surface area contributed by atoms with Crippen LogP contribution < -0.4 is 10.1 Å². The molecule has 0 fully saturated rings. The Balaban J connectivity index is 2.06. The zero-order chi connectivity index (χ0) is 14.1. The van der Waals surface area contributed by atoms with E-state index in [1.165, 1.54) is 16.7 Å². The van der Waals surface area contributed by atoms with E-state index in [1.54, 1.807) is 0 Å². The first-order chi connectivity index (χ1) is 9.70. The van der Waals surface area contributed by atoms with E-state index in [-0.39, 0.29) is 6.04 Å². The Morgan fingerprint density at radius 2 is 2.10 bits per heavy atom. The Bertz CT molecular complexity index is 639. The van der Waals surface area contributed by atoms with Crippen molar-refractivity contribution in [2.24, 2.45) is 0 Å². The van der Waals surface area contributed by atoms with Crippen molar-refractivity contribution in [3.8, 4) is 5.75 Å². The zero-order valence-corrected chi connectivity index (χ0v) is 12.5. The van der Waals surface area contributed by atoms with Gasteiger partial charge in [-0.05, 0) is 36.7 Å². The Kier molecular flexibility index (Phi) is 3.68. The molecule has 3 rings (SSSR count). The quantitative estimate of drug-likeness (QED) is 0.925. The summed E-state index contributed by atoms with van der Waals surface area (Å²) in [5.74, 6) is 1.04. The topological polar surface area (TPSA) is 21.3 Å². The summed E-state index contributed by atoms with van der Waals surface area (Å²) in [4.78, 5) is 0. The summed E-state index contributed by atoms with van der Waals surface area (Å²) in [5, 5.41) is 4.19. The minimum absolute atomic E-state index is 0.124. The van der Waals surface area contributed by atoms with Gasteiger partial charge in [-0.3, -0.25) is 0 Å². The number of fused-ring (bicyclic) bond motifs is 1. The Labute approximate surface area is 124 Å². The third kappa shape index (κ3) is 2.30. The van der Waals surface area contributed by atoms with Crippen molar-refractivity contribution in [2.75, 3.05) is 13.7 Å². The van der Waals surface area contributed by atoms with Gasteiger partial charge in [0.05, 0.1) is 12.6 Å². The number of ether oxygens (including phenoxy) is 1. The Morgan fingerprint density at radius 1 is 1.25 bits per heavy atom. The van der Waals surface area contributed by atoms with E-state index in [2.05, 4.69) is 35.6 Å². The lowest BCUT2D eigenvalue weighted by Gasteiger charge is -2.20. The van der Waals surface area contributed by atoms with Gasteiger partial charge >= 0.3 is 0 Å². The molecule has 0 saturated carbocycles. The lowest BCUT2D eigenvalue weighted by Crippen LogP contribution is -2.18. The molecule has 2 aromatic carbocycles. The molecular formula is C17H18ClNO. The third-order valence-electron chi connectivity index (χ3n) is 3.86. The average molecular weight is 288 g/mol. The fraction of sp³-hybridized carbons (Fsp3) is 0.294. The molecule has 1 aliphatic rings. The highest BCUT2D eigenvalue weighted by Gasteiger charge is 2.22. The molecule has 0 spiro atoms. The highest BCUT2D eigenvalue weighted by atomic mass is 35.5. The standard InChI is InChI=1S/C17H18ClNO/c1-11-10-13(6-7-15(11)18)16(19-2)14-5-3-4-12-8-9-20-17(12)14/h3-7,10,16,19H,8-9H2,1-2H3. The molecular weight excluding hydrogens is 270 g/mol. The molecule has 2 nitrogen and oxygen atoms in total. The van der Waals surface area contributed by atoms with E-state index in [4.69, 9.17) is 16.3 Å². The van der Waals surface area contributed by atoms with Gasteiger partial charge in [0.1, 0.15) is 5.75 Å². The summed E-state index contributed by atoms with van der Waals surface area (Å²) in [6.45, 7) is 2.81. The van der Waals surface area contributed by atoms with Gasteiger partial charge in [-0.1, -0.05) is 41.9 Å². The van der Waals surface area contributed by atoms with E-state index in [9.17, 15) is 0 Å². The van der Waals surface area contributed by atoms with Crippen molar-refractivity contribution >= 4 is 11.6 Å². The second kappa shape index (κ2) is 5.47. The summed E-state index contributed by atoms with van der Waals surface area (Å²) in [6, 6.07) is 12.7. The number of hydrogen-bond acceptors (Lipinski definition) is 2. The van der Waals surface area contributed by atoms with Crippen LogP contribution in [-0.2, 0) is 6.42 Å². The highest BCUT2D eigenvalue weighted by molar-refractivity contribution is 6.31. The first kappa shape index (κ1) is 13.5. The SMILES string of the molecule is CNC(c1ccc(Cl)c(C)c1)c1cccc2c1OCC2. The molecule has 2 aromatic rings. The van der Waals surface area contributed by atoms with E-state index in [1.807, 2.05) is 20.0 Å². The molecule has 0 amide bonds. The van der Waals surface area contributed by atoms with Gasteiger partial charge in [-0.15, -0.1) is 0 Å². The lowest BCUT2D eigenvalue weighted by molar-refractivity contribution is 0.351. The van der Waals surface area contributed by atoms with Gasteiger partial charge in [0.25, 0.3) is 0 Å². The zero-order valence-electron chi connectivity index (χ0n) is 11.7. The van der Waals surface area contributed by atoms with E-state index in [0.717, 1.165) is 29.4 Å². The maximum absolute atomic E-state index is 6.12. The molecule has 0 aliphatic carbocycles. The van der Waals surface area contributed by atoms with Crippen LogP contribution >= 0.6 is 11.6 Å². The molecule has 0 bridgehead atoms. The molecule has 1 heterocycles. The molecule has 0 aromatic heterocycles. The van der Waals surface area contributed by atoms with Crippen molar-refractivity contribution < 1.29 is 4.74 Å². The van der Waals surface area contributed by atoms with Crippen LogP contribution in [0.3, 0.4) is 0 Å². The minimum atomic E-state index is 0.124. The van der Waals surface area contributed by atoms with Gasteiger partial charge in [0.2, 0.25) is 0 Å². The van der Waals surface area contributed by atoms with Crippen LogP contribution in [0.1, 0.15) is 28.3 Å². The van der Waals surface area contributed by atoms with Crippen LogP contribution in [0.25, 0.3) is 0 Å².